The smallest absolute Gasteiger partial charge is 0.220 e. The molecule has 1 N–H and O–H groups in total. The molecule has 0 bridgehead atoms. The van der Waals surface area contributed by atoms with Crippen LogP contribution < -0.4 is 5.32 Å². The number of aryl methyl sites for hydroxylation is 1. The molecule has 0 saturated heterocycles. The molecule has 0 aliphatic heterocycles. The second-order valence-corrected chi connectivity index (χ2v) is 5.19. The number of carbonyl (C=O) groups is 1. The predicted octanol–water partition coefficient (Wildman–Crippen LogP) is 3.11. The maximum atomic E-state index is 11.7. The molecule has 2 rings (SSSR count). The van der Waals surface area contributed by atoms with Gasteiger partial charge in [-0.2, -0.15) is 5.10 Å². The third-order valence-electron chi connectivity index (χ3n) is 3.40. The number of amides is 1. The Kier molecular flexibility index (Phi) is 6.00. The summed E-state index contributed by atoms with van der Waals surface area (Å²) in [6.45, 7) is 2.95. The minimum Gasteiger partial charge on any atom is -0.356 e. The van der Waals surface area contributed by atoms with Crippen molar-refractivity contribution in [3.8, 4) is 5.69 Å². The van der Waals surface area contributed by atoms with Crippen LogP contribution in [0.25, 0.3) is 5.69 Å². The van der Waals surface area contributed by atoms with Crippen LogP contribution in [-0.4, -0.2) is 22.2 Å². The van der Waals surface area contributed by atoms with Gasteiger partial charge in [0.15, 0.2) is 0 Å². The number of unbranched alkanes of at least 4 members (excludes halogenated alkanes) is 2. The molecule has 0 aliphatic rings. The first-order valence-corrected chi connectivity index (χ1v) is 7.65. The molecule has 4 nitrogen and oxygen atoms in total. The van der Waals surface area contributed by atoms with Gasteiger partial charge >= 0.3 is 0 Å². The SMILES string of the molecule is CCCCCNC(=O)CCc1cnn(-c2ccccc2)c1. The van der Waals surface area contributed by atoms with Gasteiger partial charge < -0.3 is 5.32 Å². The van der Waals surface area contributed by atoms with E-state index in [4.69, 9.17) is 0 Å². The summed E-state index contributed by atoms with van der Waals surface area (Å²) in [5.74, 6) is 0.124. The fourth-order valence-electron chi connectivity index (χ4n) is 2.16. The fraction of sp³-hybridized carbons (Fsp3) is 0.412. The molecule has 0 radical (unpaired) electrons. The number of nitrogens with zero attached hydrogens (tertiary/aromatic N) is 2. The summed E-state index contributed by atoms with van der Waals surface area (Å²) in [7, 11) is 0. The zero-order valence-electron chi connectivity index (χ0n) is 12.6. The number of nitrogens with one attached hydrogen (secondary N) is 1. The summed E-state index contributed by atoms with van der Waals surface area (Å²) in [6.07, 6.45) is 8.48. The Balaban J connectivity index is 1.77. The Hall–Kier alpha value is -2.10. The molecule has 4 heteroatoms. The maximum absolute atomic E-state index is 11.7. The minimum absolute atomic E-state index is 0.124. The Bertz CT molecular complexity index is 548. The van der Waals surface area contributed by atoms with Crippen LogP contribution in [0.4, 0.5) is 0 Å². The van der Waals surface area contributed by atoms with Gasteiger partial charge in [-0.1, -0.05) is 38.0 Å². The second-order valence-electron chi connectivity index (χ2n) is 5.19. The van der Waals surface area contributed by atoms with E-state index in [9.17, 15) is 4.79 Å². The summed E-state index contributed by atoms with van der Waals surface area (Å²) < 4.78 is 1.84. The molecule has 1 aromatic heterocycles. The molecule has 0 aliphatic carbocycles. The standard InChI is InChI=1S/C17H23N3O/c1-2-3-7-12-18-17(21)11-10-15-13-19-20(14-15)16-8-5-4-6-9-16/h4-6,8-9,13-14H,2-3,7,10-12H2,1H3,(H,18,21). The van der Waals surface area contributed by atoms with Gasteiger partial charge in [0.1, 0.15) is 0 Å². The Labute approximate surface area is 126 Å². The molecular formula is C17H23N3O. The van der Waals surface area contributed by atoms with Crippen LogP contribution in [0.15, 0.2) is 42.7 Å². The van der Waals surface area contributed by atoms with Gasteiger partial charge in [-0.25, -0.2) is 4.68 Å². The van der Waals surface area contributed by atoms with Crippen LogP contribution in [0.2, 0.25) is 0 Å². The fourth-order valence-corrected chi connectivity index (χ4v) is 2.16. The van der Waals surface area contributed by atoms with Gasteiger partial charge in [-0.3, -0.25) is 4.79 Å². The van der Waals surface area contributed by atoms with E-state index in [0.29, 0.717) is 6.42 Å². The quantitative estimate of drug-likeness (QED) is 0.758. The van der Waals surface area contributed by atoms with Gasteiger partial charge in [-0.05, 0) is 30.5 Å². The minimum atomic E-state index is 0.124. The zero-order valence-corrected chi connectivity index (χ0v) is 12.6. The molecule has 2 aromatic rings. The highest BCUT2D eigenvalue weighted by Crippen LogP contribution is 2.09. The van der Waals surface area contributed by atoms with Crippen molar-refractivity contribution in [2.75, 3.05) is 6.54 Å². The number of para-hydroxylation sites is 1. The number of aromatic nitrogens is 2. The lowest BCUT2D eigenvalue weighted by Gasteiger charge is -2.03. The van der Waals surface area contributed by atoms with E-state index in [-0.39, 0.29) is 5.91 Å². The summed E-state index contributed by atoms with van der Waals surface area (Å²) in [5.41, 5.74) is 2.12. The van der Waals surface area contributed by atoms with Crippen molar-refractivity contribution in [2.45, 2.75) is 39.0 Å². The molecule has 21 heavy (non-hydrogen) atoms. The molecular weight excluding hydrogens is 262 g/mol. The third kappa shape index (κ3) is 5.06. The normalized spacial score (nSPS) is 10.5. The van der Waals surface area contributed by atoms with E-state index in [2.05, 4.69) is 17.3 Å². The molecule has 112 valence electrons. The topological polar surface area (TPSA) is 46.9 Å². The number of hydrogen-bond donors (Lipinski definition) is 1. The summed E-state index contributed by atoms with van der Waals surface area (Å²) in [4.78, 5) is 11.7. The van der Waals surface area contributed by atoms with Crippen molar-refractivity contribution in [3.05, 3.63) is 48.3 Å². The Morgan fingerprint density at radius 1 is 1.24 bits per heavy atom. The average Bonchev–Trinajstić information content (AvgIpc) is 2.99. The van der Waals surface area contributed by atoms with Crippen molar-refractivity contribution in [2.24, 2.45) is 0 Å². The third-order valence-corrected chi connectivity index (χ3v) is 3.40. The van der Waals surface area contributed by atoms with Crippen molar-refractivity contribution in [3.63, 3.8) is 0 Å². The first-order chi connectivity index (χ1) is 10.3. The molecule has 0 saturated carbocycles. The number of benzene rings is 1. The van der Waals surface area contributed by atoms with Crippen molar-refractivity contribution < 1.29 is 4.79 Å². The molecule has 0 atom stereocenters. The van der Waals surface area contributed by atoms with E-state index in [0.717, 1.165) is 30.6 Å². The van der Waals surface area contributed by atoms with Crippen LogP contribution in [0.1, 0.15) is 38.2 Å². The van der Waals surface area contributed by atoms with E-state index in [1.807, 2.05) is 47.4 Å². The first-order valence-electron chi connectivity index (χ1n) is 7.65. The van der Waals surface area contributed by atoms with Gasteiger partial charge in [-0.15, -0.1) is 0 Å². The number of carbonyl (C=O) groups excluding carboxylic acids is 1. The Morgan fingerprint density at radius 2 is 2.05 bits per heavy atom. The van der Waals surface area contributed by atoms with Crippen LogP contribution in [0, 0.1) is 0 Å². The second kappa shape index (κ2) is 8.25. The lowest BCUT2D eigenvalue weighted by atomic mass is 10.2. The molecule has 1 amide bonds. The van der Waals surface area contributed by atoms with E-state index in [1.54, 1.807) is 0 Å². The van der Waals surface area contributed by atoms with E-state index >= 15 is 0 Å². The van der Waals surface area contributed by atoms with Crippen molar-refractivity contribution in [1.29, 1.82) is 0 Å². The van der Waals surface area contributed by atoms with Gasteiger partial charge in [0, 0.05) is 19.2 Å². The molecule has 0 fully saturated rings. The highest BCUT2D eigenvalue weighted by Gasteiger charge is 2.04. The number of hydrogen-bond acceptors (Lipinski definition) is 2. The molecule has 1 heterocycles. The summed E-state index contributed by atoms with van der Waals surface area (Å²) in [6, 6.07) is 9.98. The first kappa shape index (κ1) is 15.3. The zero-order chi connectivity index (χ0) is 14.9. The summed E-state index contributed by atoms with van der Waals surface area (Å²) in [5, 5.41) is 7.30. The van der Waals surface area contributed by atoms with Crippen LogP contribution in [-0.2, 0) is 11.2 Å². The molecule has 1 aromatic carbocycles. The van der Waals surface area contributed by atoms with Gasteiger partial charge in [0.2, 0.25) is 5.91 Å². The van der Waals surface area contributed by atoms with Crippen LogP contribution in [0.5, 0.6) is 0 Å². The monoisotopic (exact) mass is 285 g/mol. The van der Waals surface area contributed by atoms with Crippen molar-refractivity contribution in [1.82, 2.24) is 15.1 Å². The van der Waals surface area contributed by atoms with E-state index < -0.39 is 0 Å². The van der Waals surface area contributed by atoms with Gasteiger partial charge in [0.05, 0.1) is 11.9 Å². The largest absolute Gasteiger partial charge is 0.356 e. The maximum Gasteiger partial charge on any atom is 0.220 e. The Morgan fingerprint density at radius 3 is 2.81 bits per heavy atom. The van der Waals surface area contributed by atoms with Crippen LogP contribution >= 0.6 is 0 Å². The average molecular weight is 285 g/mol. The molecule has 0 unspecified atom stereocenters. The lowest BCUT2D eigenvalue weighted by molar-refractivity contribution is -0.121. The van der Waals surface area contributed by atoms with Crippen LogP contribution in [0.3, 0.4) is 0 Å². The van der Waals surface area contributed by atoms with E-state index in [1.165, 1.54) is 12.8 Å². The molecule has 0 spiro atoms. The highest BCUT2D eigenvalue weighted by atomic mass is 16.1. The number of rotatable bonds is 8. The lowest BCUT2D eigenvalue weighted by Crippen LogP contribution is -2.24. The highest BCUT2D eigenvalue weighted by molar-refractivity contribution is 5.76. The van der Waals surface area contributed by atoms with Crippen molar-refractivity contribution >= 4 is 5.91 Å². The predicted molar refractivity (Wildman–Crippen MR) is 84.4 cm³/mol. The summed E-state index contributed by atoms with van der Waals surface area (Å²) >= 11 is 0. The van der Waals surface area contributed by atoms with Gasteiger partial charge in [0.25, 0.3) is 0 Å².